The van der Waals surface area contributed by atoms with Crippen molar-refractivity contribution in [3.8, 4) is 6.07 Å². The van der Waals surface area contributed by atoms with Crippen LogP contribution in [0.15, 0.2) is 0 Å². The number of nitriles is 1. The molecule has 2 fully saturated rings. The number of nitrogens with one attached hydrogen (secondary N) is 1. The number of hydrogen-bond donors (Lipinski definition) is 1. The lowest BCUT2D eigenvalue weighted by atomic mass is 9.96. The smallest absolute Gasteiger partial charge is 0.0638 e. The van der Waals surface area contributed by atoms with Gasteiger partial charge in [0.05, 0.1) is 12.5 Å². The lowest BCUT2D eigenvalue weighted by Gasteiger charge is -2.40. The molecular formula is C13H23N3. The summed E-state index contributed by atoms with van der Waals surface area (Å²) in [6.07, 6.45) is 5.92. The molecule has 0 spiro atoms. The van der Waals surface area contributed by atoms with Crippen LogP contribution in [0.1, 0.15) is 46.0 Å². The van der Waals surface area contributed by atoms with Crippen molar-refractivity contribution in [2.75, 3.05) is 6.54 Å². The SMILES string of the molecule is CCN(C(C)CC#N)C1CC2CCC(C1)N2. The molecule has 0 amide bonds. The number of piperidine rings is 1. The van der Waals surface area contributed by atoms with Crippen LogP contribution < -0.4 is 5.32 Å². The molecule has 3 nitrogen and oxygen atoms in total. The van der Waals surface area contributed by atoms with E-state index in [1.807, 2.05) is 0 Å². The van der Waals surface area contributed by atoms with E-state index < -0.39 is 0 Å². The molecule has 3 atom stereocenters. The summed E-state index contributed by atoms with van der Waals surface area (Å²) < 4.78 is 0. The molecule has 3 unspecified atom stereocenters. The standard InChI is InChI=1S/C13H23N3/c1-3-16(10(2)6-7-14)13-8-11-4-5-12(9-13)15-11/h10-13,15H,3-6,8-9H2,1-2H3. The molecule has 2 aliphatic rings. The summed E-state index contributed by atoms with van der Waals surface area (Å²) >= 11 is 0. The van der Waals surface area contributed by atoms with E-state index in [0.717, 1.165) is 18.6 Å². The maximum atomic E-state index is 8.81. The molecule has 0 saturated carbocycles. The predicted octanol–water partition coefficient (Wildman–Crippen LogP) is 1.89. The Kier molecular flexibility index (Phi) is 3.83. The number of rotatable bonds is 4. The van der Waals surface area contributed by atoms with Gasteiger partial charge in [-0.1, -0.05) is 6.92 Å². The van der Waals surface area contributed by atoms with Crippen LogP contribution in [0, 0.1) is 11.3 Å². The third-order valence-electron chi connectivity index (χ3n) is 4.24. The molecule has 1 N–H and O–H groups in total. The first-order valence-electron chi connectivity index (χ1n) is 6.63. The summed E-state index contributed by atoms with van der Waals surface area (Å²) in [4.78, 5) is 2.54. The summed E-state index contributed by atoms with van der Waals surface area (Å²) in [5.74, 6) is 0. The maximum Gasteiger partial charge on any atom is 0.0638 e. The van der Waals surface area contributed by atoms with Crippen molar-refractivity contribution in [1.82, 2.24) is 10.2 Å². The van der Waals surface area contributed by atoms with Gasteiger partial charge in [0.1, 0.15) is 0 Å². The summed E-state index contributed by atoms with van der Waals surface area (Å²) in [6, 6.07) is 4.90. The summed E-state index contributed by atoms with van der Waals surface area (Å²) in [6.45, 7) is 5.49. The average molecular weight is 221 g/mol. The Balaban J connectivity index is 1.96. The second-order valence-corrected chi connectivity index (χ2v) is 5.30. The Labute approximate surface area is 98.8 Å². The van der Waals surface area contributed by atoms with E-state index in [0.29, 0.717) is 18.5 Å². The molecule has 16 heavy (non-hydrogen) atoms. The van der Waals surface area contributed by atoms with Crippen molar-refractivity contribution >= 4 is 0 Å². The van der Waals surface area contributed by atoms with Crippen molar-refractivity contribution in [2.45, 2.75) is 70.1 Å². The summed E-state index contributed by atoms with van der Waals surface area (Å²) in [5.41, 5.74) is 0. The van der Waals surface area contributed by atoms with Gasteiger partial charge in [0.25, 0.3) is 0 Å². The van der Waals surface area contributed by atoms with E-state index in [2.05, 4.69) is 30.1 Å². The summed E-state index contributed by atoms with van der Waals surface area (Å²) in [5, 5.41) is 12.5. The number of nitrogens with zero attached hydrogens (tertiary/aromatic N) is 2. The predicted molar refractivity (Wildman–Crippen MR) is 65.0 cm³/mol. The molecule has 0 aromatic carbocycles. The van der Waals surface area contributed by atoms with E-state index in [4.69, 9.17) is 5.26 Å². The zero-order chi connectivity index (χ0) is 11.5. The van der Waals surface area contributed by atoms with Crippen LogP contribution in [-0.4, -0.2) is 35.6 Å². The molecule has 0 aromatic heterocycles. The normalized spacial score (nSPS) is 35.0. The topological polar surface area (TPSA) is 39.1 Å². The molecule has 0 aliphatic carbocycles. The molecule has 0 radical (unpaired) electrons. The minimum atomic E-state index is 0.414. The number of fused-ring (bicyclic) bond motifs is 2. The van der Waals surface area contributed by atoms with Crippen molar-refractivity contribution in [1.29, 1.82) is 5.26 Å². The zero-order valence-corrected chi connectivity index (χ0v) is 10.4. The minimum absolute atomic E-state index is 0.414. The first kappa shape index (κ1) is 11.9. The van der Waals surface area contributed by atoms with E-state index >= 15 is 0 Å². The Morgan fingerprint density at radius 3 is 2.50 bits per heavy atom. The number of hydrogen-bond acceptors (Lipinski definition) is 3. The highest BCUT2D eigenvalue weighted by Gasteiger charge is 2.36. The molecule has 0 aromatic rings. The quantitative estimate of drug-likeness (QED) is 0.788. The fraction of sp³-hybridized carbons (Fsp3) is 0.923. The van der Waals surface area contributed by atoms with Crippen LogP contribution in [0.25, 0.3) is 0 Å². The van der Waals surface area contributed by atoms with Gasteiger partial charge in [-0.05, 0) is 39.2 Å². The van der Waals surface area contributed by atoms with Gasteiger partial charge < -0.3 is 5.32 Å². The van der Waals surface area contributed by atoms with Gasteiger partial charge >= 0.3 is 0 Å². The van der Waals surface area contributed by atoms with Gasteiger partial charge in [0, 0.05) is 24.2 Å². The fourth-order valence-electron chi connectivity index (χ4n) is 3.48. The van der Waals surface area contributed by atoms with Crippen LogP contribution in [0.3, 0.4) is 0 Å². The van der Waals surface area contributed by atoms with Crippen LogP contribution >= 0.6 is 0 Å². The molecule has 90 valence electrons. The van der Waals surface area contributed by atoms with Crippen molar-refractivity contribution < 1.29 is 0 Å². The molecule has 2 rings (SSSR count). The Morgan fingerprint density at radius 2 is 2.00 bits per heavy atom. The highest BCUT2D eigenvalue weighted by molar-refractivity contribution is 4.97. The van der Waals surface area contributed by atoms with Gasteiger partial charge in [0.2, 0.25) is 0 Å². The van der Waals surface area contributed by atoms with Gasteiger partial charge in [-0.15, -0.1) is 0 Å². The highest BCUT2D eigenvalue weighted by Crippen LogP contribution is 2.30. The third kappa shape index (κ3) is 2.39. The van der Waals surface area contributed by atoms with Crippen molar-refractivity contribution in [3.63, 3.8) is 0 Å². The molecule has 3 heteroatoms. The van der Waals surface area contributed by atoms with E-state index in [1.54, 1.807) is 0 Å². The first-order chi connectivity index (χ1) is 7.74. The van der Waals surface area contributed by atoms with Gasteiger partial charge in [-0.3, -0.25) is 4.90 Å². The maximum absolute atomic E-state index is 8.81. The lowest BCUT2D eigenvalue weighted by Crippen LogP contribution is -2.50. The molecule has 2 heterocycles. The van der Waals surface area contributed by atoms with Gasteiger partial charge in [-0.25, -0.2) is 0 Å². The minimum Gasteiger partial charge on any atom is -0.311 e. The average Bonchev–Trinajstić information content (AvgIpc) is 2.59. The lowest BCUT2D eigenvalue weighted by molar-refractivity contribution is 0.109. The van der Waals surface area contributed by atoms with Gasteiger partial charge in [-0.2, -0.15) is 5.26 Å². The monoisotopic (exact) mass is 221 g/mol. The Morgan fingerprint density at radius 1 is 1.38 bits per heavy atom. The Bertz CT molecular complexity index is 259. The van der Waals surface area contributed by atoms with Crippen LogP contribution in [0.4, 0.5) is 0 Å². The Hall–Kier alpha value is -0.590. The zero-order valence-electron chi connectivity index (χ0n) is 10.4. The molecule has 2 aliphatic heterocycles. The molecule has 2 saturated heterocycles. The van der Waals surface area contributed by atoms with Crippen molar-refractivity contribution in [2.24, 2.45) is 0 Å². The van der Waals surface area contributed by atoms with Crippen molar-refractivity contribution in [3.05, 3.63) is 0 Å². The molecule has 2 bridgehead atoms. The van der Waals surface area contributed by atoms with E-state index in [1.165, 1.54) is 25.7 Å². The van der Waals surface area contributed by atoms with Crippen LogP contribution in [0.2, 0.25) is 0 Å². The fourth-order valence-corrected chi connectivity index (χ4v) is 3.48. The van der Waals surface area contributed by atoms with Crippen LogP contribution in [0.5, 0.6) is 0 Å². The van der Waals surface area contributed by atoms with Gasteiger partial charge in [0.15, 0.2) is 0 Å². The third-order valence-corrected chi connectivity index (χ3v) is 4.24. The van der Waals surface area contributed by atoms with E-state index in [-0.39, 0.29) is 0 Å². The first-order valence-corrected chi connectivity index (χ1v) is 6.63. The highest BCUT2D eigenvalue weighted by atomic mass is 15.2. The van der Waals surface area contributed by atoms with E-state index in [9.17, 15) is 0 Å². The molecular weight excluding hydrogens is 198 g/mol. The largest absolute Gasteiger partial charge is 0.311 e. The summed E-state index contributed by atoms with van der Waals surface area (Å²) in [7, 11) is 0. The second kappa shape index (κ2) is 5.16. The van der Waals surface area contributed by atoms with Crippen LogP contribution in [-0.2, 0) is 0 Å². The second-order valence-electron chi connectivity index (χ2n) is 5.30.